The second-order valence-corrected chi connectivity index (χ2v) is 11.8. The van der Waals surface area contributed by atoms with Crippen molar-refractivity contribution in [1.82, 2.24) is 23.4 Å². The quantitative estimate of drug-likeness (QED) is 0.307. The number of fused-ring (bicyclic) bond motifs is 1. The topological polar surface area (TPSA) is 65.2 Å². The highest BCUT2D eigenvalue weighted by Gasteiger charge is 2.25. The predicted molar refractivity (Wildman–Crippen MR) is 145 cm³/mol. The van der Waals surface area contributed by atoms with Crippen molar-refractivity contribution < 1.29 is 4.74 Å². The molecule has 1 atom stereocenters. The number of para-hydroxylation sites is 1. The number of benzene rings is 1. The second kappa shape index (κ2) is 10.1. The summed E-state index contributed by atoms with van der Waals surface area (Å²) in [7, 11) is 1.82. The third-order valence-electron chi connectivity index (χ3n) is 6.35. The Morgan fingerprint density at radius 2 is 1.89 bits per heavy atom. The summed E-state index contributed by atoms with van der Waals surface area (Å²) < 4.78 is 11.7. The second-order valence-electron chi connectivity index (χ2n) is 10.6. The molecular weight excluding hydrogens is 470 g/mol. The molecule has 0 spiro atoms. The minimum Gasteiger partial charge on any atom is -0.439 e. The fraction of sp³-hybridized carbons (Fsp3) is 0.393. The summed E-state index contributed by atoms with van der Waals surface area (Å²) in [6, 6.07) is 17.8. The minimum absolute atomic E-state index is 0.00223. The number of pyridine rings is 2. The van der Waals surface area contributed by atoms with Crippen molar-refractivity contribution in [2.75, 3.05) is 13.1 Å². The molecule has 36 heavy (non-hydrogen) atoms. The molecule has 0 N–H and O–H groups in total. The molecule has 4 heterocycles. The molecule has 0 aliphatic carbocycles. The van der Waals surface area contributed by atoms with Crippen molar-refractivity contribution in [2.24, 2.45) is 12.5 Å². The van der Waals surface area contributed by atoms with Crippen molar-refractivity contribution in [3.05, 3.63) is 77.0 Å². The molecule has 3 aromatic heterocycles. The van der Waals surface area contributed by atoms with Gasteiger partial charge in [-0.2, -0.15) is 0 Å². The minimum atomic E-state index is -0.00223. The summed E-state index contributed by atoms with van der Waals surface area (Å²) in [6.45, 7) is 9.03. The molecular formula is C28H33N5O2S. The Hall–Kier alpha value is -3.10. The summed E-state index contributed by atoms with van der Waals surface area (Å²) in [6.07, 6.45) is 4.06. The zero-order chi connectivity index (χ0) is 25.3. The molecule has 0 amide bonds. The number of imidazole rings is 1. The van der Waals surface area contributed by atoms with Crippen molar-refractivity contribution in [2.45, 2.75) is 51.0 Å². The van der Waals surface area contributed by atoms with E-state index in [9.17, 15) is 4.79 Å². The van der Waals surface area contributed by atoms with Gasteiger partial charge in [0.15, 0.2) is 5.65 Å². The zero-order valence-corrected chi connectivity index (χ0v) is 22.2. The number of hydrogen-bond donors (Lipinski definition) is 0. The molecule has 1 unspecified atom stereocenters. The van der Waals surface area contributed by atoms with Crippen LogP contribution in [0.2, 0.25) is 0 Å². The van der Waals surface area contributed by atoms with E-state index in [1.165, 1.54) is 0 Å². The average molecular weight is 504 g/mol. The number of rotatable bonds is 6. The van der Waals surface area contributed by atoms with Gasteiger partial charge in [-0.05, 0) is 60.5 Å². The average Bonchev–Trinajstić information content (AvgIpc) is 3.09. The molecule has 188 valence electrons. The number of aryl methyl sites for hydroxylation is 1. The predicted octanol–water partition coefficient (Wildman–Crippen LogP) is 5.86. The van der Waals surface area contributed by atoms with Crippen LogP contribution < -0.4 is 10.4 Å². The molecule has 1 aliphatic rings. The molecule has 1 saturated heterocycles. The Morgan fingerprint density at radius 3 is 2.61 bits per heavy atom. The van der Waals surface area contributed by atoms with E-state index in [1.807, 2.05) is 54.2 Å². The Balaban J connectivity index is 1.28. The molecule has 0 saturated carbocycles. The maximum Gasteiger partial charge on any atom is 0.330 e. The van der Waals surface area contributed by atoms with Crippen LogP contribution in [0.3, 0.4) is 0 Å². The summed E-state index contributed by atoms with van der Waals surface area (Å²) in [5.74, 6) is 1.69. The van der Waals surface area contributed by atoms with E-state index in [1.54, 1.807) is 16.5 Å². The van der Waals surface area contributed by atoms with Crippen LogP contribution in [-0.4, -0.2) is 36.5 Å². The van der Waals surface area contributed by atoms with Crippen molar-refractivity contribution in [3.8, 4) is 11.6 Å². The number of piperidine rings is 1. The number of nitrogens with zero attached hydrogens (tertiary/aromatic N) is 5. The van der Waals surface area contributed by atoms with Crippen molar-refractivity contribution in [1.29, 1.82) is 0 Å². The summed E-state index contributed by atoms with van der Waals surface area (Å²) in [4.78, 5) is 23.4. The highest BCUT2D eigenvalue weighted by atomic mass is 32.2. The normalized spacial score (nSPS) is 16.9. The number of hydrogen-bond acceptors (Lipinski definition) is 6. The highest BCUT2D eigenvalue weighted by Crippen LogP contribution is 2.33. The van der Waals surface area contributed by atoms with Gasteiger partial charge in [0.25, 0.3) is 0 Å². The lowest BCUT2D eigenvalue weighted by Crippen LogP contribution is -2.29. The van der Waals surface area contributed by atoms with E-state index < -0.39 is 0 Å². The summed E-state index contributed by atoms with van der Waals surface area (Å²) in [5.41, 5.74) is 2.74. The Labute approximate surface area is 216 Å². The zero-order valence-electron chi connectivity index (χ0n) is 21.3. The van der Waals surface area contributed by atoms with Crippen LogP contribution in [0.15, 0.2) is 70.5 Å². The standard InChI is InChI=1S/C28H33N5O2S/c1-28(2,3)19-33-24-14-13-23(30-26(24)31(4)27(33)34)20-9-8-16-32(18-20)36-22-12-15-25(29-17-22)35-21-10-6-5-7-11-21/h5-7,10-15,17,20H,8-9,16,18-19H2,1-4H3. The van der Waals surface area contributed by atoms with Crippen LogP contribution in [0.25, 0.3) is 11.2 Å². The van der Waals surface area contributed by atoms with E-state index in [-0.39, 0.29) is 11.1 Å². The smallest absolute Gasteiger partial charge is 0.330 e. The molecule has 0 bridgehead atoms. The SMILES string of the molecule is Cn1c(=O)n(CC(C)(C)C)c2ccc(C3CCCN(Sc4ccc(Oc5ccccc5)nc4)C3)nc21. The molecule has 7 nitrogen and oxygen atoms in total. The molecule has 1 aromatic carbocycles. The molecule has 1 aliphatic heterocycles. The van der Waals surface area contributed by atoms with Gasteiger partial charge in [-0.3, -0.25) is 9.13 Å². The molecule has 0 radical (unpaired) electrons. The first kappa shape index (κ1) is 24.6. The Kier molecular flexibility index (Phi) is 6.90. The van der Waals surface area contributed by atoms with Gasteiger partial charge in [0.1, 0.15) is 5.75 Å². The summed E-state index contributed by atoms with van der Waals surface area (Å²) in [5, 5.41) is 0. The van der Waals surface area contributed by atoms with Crippen LogP contribution in [0.4, 0.5) is 0 Å². The lowest BCUT2D eigenvalue weighted by Gasteiger charge is -2.31. The van der Waals surface area contributed by atoms with Gasteiger partial charge in [0, 0.05) is 55.5 Å². The lowest BCUT2D eigenvalue weighted by atomic mass is 9.95. The van der Waals surface area contributed by atoms with Crippen LogP contribution in [0, 0.1) is 5.41 Å². The van der Waals surface area contributed by atoms with E-state index in [0.717, 1.165) is 53.4 Å². The van der Waals surface area contributed by atoms with Crippen LogP contribution in [0.5, 0.6) is 11.6 Å². The van der Waals surface area contributed by atoms with Crippen LogP contribution >= 0.6 is 11.9 Å². The first-order valence-electron chi connectivity index (χ1n) is 12.4. The third-order valence-corrected chi connectivity index (χ3v) is 7.39. The van der Waals surface area contributed by atoms with E-state index in [0.29, 0.717) is 18.3 Å². The van der Waals surface area contributed by atoms with Gasteiger partial charge in [-0.15, -0.1) is 0 Å². The highest BCUT2D eigenvalue weighted by molar-refractivity contribution is 7.97. The van der Waals surface area contributed by atoms with Crippen LogP contribution in [-0.2, 0) is 13.6 Å². The molecule has 4 aromatic rings. The summed E-state index contributed by atoms with van der Waals surface area (Å²) >= 11 is 1.73. The third kappa shape index (κ3) is 5.50. The van der Waals surface area contributed by atoms with Gasteiger partial charge in [-0.25, -0.2) is 19.1 Å². The Bertz CT molecular complexity index is 1390. The number of ether oxygens (including phenoxy) is 1. The monoisotopic (exact) mass is 503 g/mol. The van der Waals surface area contributed by atoms with Gasteiger partial charge in [-0.1, -0.05) is 39.0 Å². The van der Waals surface area contributed by atoms with Gasteiger partial charge >= 0.3 is 5.69 Å². The Morgan fingerprint density at radius 1 is 1.08 bits per heavy atom. The van der Waals surface area contributed by atoms with Crippen molar-refractivity contribution in [3.63, 3.8) is 0 Å². The molecule has 1 fully saturated rings. The van der Waals surface area contributed by atoms with E-state index in [4.69, 9.17) is 9.72 Å². The lowest BCUT2D eigenvalue weighted by molar-refractivity contribution is 0.338. The van der Waals surface area contributed by atoms with E-state index in [2.05, 4.69) is 48.3 Å². The van der Waals surface area contributed by atoms with Crippen LogP contribution in [0.1, 0.15) is 45.2 Å². The fourth-order valence-corrected chi connectivity index (χ4v) is 5.65. The van der Waals surface area contributed by atoms with Crippen molar-refractivity contribution >= 4 is 23.1 Å². The largest absolute Gasteiger partial charge is 0.439 e. The maximum absolute atomic E-state index is 12.9. The maximum atomic E-state index is 12.9. The molecule has 8 heteroatoms. The van der Waals surface area contributed by atoms with Gasteiger partial charge in [0.05, 0.1) is 5.52 Å². The van der Waals surface area contributed by atoms with Gasteiger partial charge < -0.3 is 4.74 Å². The fourth-order valence-electron chi connectivity index (χ4n) is 4.65. The van der Waals surface area contributed by atoms with Gasteiger partial charge in [0.2, 0.25) is 5.88 Å². The first-order valence-corrected chi connectivity index (χ1v) is 13.2. The number of aromatic nitrogens is 4. The first-order chi connectivity index (χ1) is 17.3. The van der Waals surface area contributed by atoms with E-state index >= 15 is 0 Å². The molecule has 5 rings (SSSR count).